The second kappa shape index (κ2) is 9.99. The molecule has 1 atom stereocenters. The maximum atomic E-state index is 13.2. The molecule has 5 nitrogen and oxygen atoms in total. The molecule has 4 rings (SSSR count). The van der Waals surface area contributed by atoms with Gasteiger partial charge in [-0.15, -0.1) is 0 Å². The number of nitrogens with zero attached hydrogens (tertiary/aromatic N) is 2. The van der Waals surface area contributed by atoms with Crippen molar-refractivity contribution in [1.82, 2.24) is 9.88 Å². The number of ketones is 1. The Balaban J connectivity index is 1.58. The summed E-state index contributed by atoms with van der Waals surface area (Å²) < 4.78 is 0. The van der Waals surface area contributed by atoms with Crippen molar-refractivity contribution in [3.8, 4) is 0 Å². The number of carbonyl (C=O) groups is 2. The number of aromatic nitrogens is 1. The normalized spacial score (nSPS) is 15.3. The van der Waals surface area contributed by atoms with Gasteiger partial charge in [-0.2, -0.15) is 0 Å². The van der Waals surface area contributed by atoms with E-state index in [0.717, 1.165) is 24.1 Å². The van der Waals surface area contributed by atoms with Crippen molar-refractivity contribution in [2.45, 2.75) is 44.9 Å². The van der Waals surface area contributed by atoms with E-state index in [0.29, 0.717) is 31.0 Å². The van der Waals surface area contributed by atoms with Gasteiger partial charge in [0.15, 0.2) is 5.78 Å². The monoisotopic (exact) mass is 442 g/mol. The average molecular weight is 443 g/mol. The van der Waals surface area contributed by atoms with Gasteiger partial charge < -0.3 is 10.0 Å². The van der Waals surface area contributed by atoms with Crippen LogP contribution in [0, 0.1) is 13.8 Å². The van der Waals surface area contributed by atoms with Gasteiger partial charge in [0.25, 0.3) is 0 Å². The van der Waals surface area contributed by atoms with E-state index in [1.165, 1.54) is 21.6 Å². The summed E-state index contributed by atoms with van der Waals surface area (Å²) in [6.45, 7) is 5.14. The molecule has 3 aromatic rings. The highest BCUT2D eigenvalue weighted by Crippen LogP contribution is 2.34. The molecule has 0 saturated carbocycles. The maximum Gasteiger partial charge on any atom is 0.407 e. The topological polar surface area (TPSA) is 70.5 Å². The number of pyridine rings is 1. The molecule has 1 amide bonds. The minimum absolute atomic E-state index is 0.0323. The number of amides is 1. The first-order valence-corrected chi connectivity index (χ1v) is 11.5. The molecule has 0 spiro atoms. The lowest BCUT2D eigenvalue weighted by Crippen LogP contribution is -2.36. The molecule has 1 fully saturated rings. The zero-order chi connectivity index (χ0) is 23.4. The van der Waals surface area contributed by atoms with Gasteiger partial charge in [0.1, 0.15) is 0 Å². The molecule has 170 valence electrons. The lowest BCUT2D eigenvalue weighted by Gasteiger charge is -2.30. The fraction of sp³-hybridized carbons (Fsp3) is 0.321. The summed E-state index contributed by atoms with van der Waals surface area (Å²) in [5, 5.41) is 9.19. The minimum Gasteiger partial charge on any atom is -0.465 e. The lowest BCUT2D eigenvalue weighted by molar-refractivity contribution is 0.0977. The highest BCUT2D eigenvalue weighted by Gasteiger charge is 2.25. The summed E-state index contributed by atoms with van der Waals surface area (Å²) in [5.74, 6) is 0.446. The van der Waals surface area contributed by atoms with Gasteiger partial charge in [-0.25, -0.2) is 4.79 Å². The van der Waals surface area contributed by atoms with Crippen LogP contribution in [0.5, 0.6) is 0 Å². The molecule has 0 radical (unpaired) electrons. The van der Waals surface area contributed by atoms with E-state index in [9.17, 15) is 14.7 Å². The summed E-state index contributed by atoms with van der Waals surface area (Å²) in [6, 6.07) is 20.5. The molecule has 2 aromatic carbocycles. The summed E-state index contributed by atoms with van der Waals surface area (Å²) in [4.78, 5) is 30.1. The van der Waals surface area contributed by atoms with Crippen molar-refractivity contribution in [2.24, 2.45) is 0 Å². The third kappa shape index (κ3) is 5.30. The van der Waals surface area contributed by atoms with E-state index in [2.05, 4.69) is 48.3 Å². The number of likely N-dealkylation sites (tertiary alicyclic amines) is 1. The second-order valence-corrected chi connectivity index (χ2v) is 8.93. The molecule has 1 aliphatic rings. The van der Waals surface area contributed by atoms with Crippen LogP contribution in [0.3, 0.4) is 0 Å². The van der Waals surface area contributed by atoms with Crippen LogP contribution in [-0.4, -0.2) is 40.0 Å². The first-order chi connectivity index (χ1) is 15.9. The van der Waals surface area contributed by atoms with Crippen LogP contribution in [-0.2, 0) is 0 Å². The summed E-state index contributed by atoms with van der Waals surface area (Å²) in [5.41, 5.74) is 6.23. The standard InChI is InChI=1S/C28H30N2O3/c1-19-5-3-4-6-25(19)26(18-27(31)24-11-14-29-20(2)17-24)23-9-7-21(8-10-23)22-12-15-30(16-13-22)28(32)33/h3-11,14,17,22,26H,12-13,15-16,18H2,1-2H3,(H,32,33). The Labute approximate surface area is 195 Å². The number of benzene rings is 2. The number of Topliss-reactive ketones (excluding diaryl/α,β-unsaturated/α-hetero) is 1. The Morgan fingerprint density at radius 2 is 1.73 bits per heavy atom. The number of carbonyl (C=O) groups excluding carboxylic acids is 1. The van der Waals surface area contributed by atoms with E-state index in [1.807, 2.05) is 25.1 Å². The quantitative estimate of drug-likeness (QED) is 0.478. The summed E-state index contributed by atoms with van der Waals surface area (Å²) >= 11 is 0. The highest BCUT2D eigenvalue weighted by molar-refractivity contribution is 5.96. The van der Waals surface area contributed by atoms with Crippen molar-refractivity contribution >= 4 is 11.9 Å². The Morgan fingerprint density at radius 3 is 2.36 bits per heavy atom. The van der Waals surface area contributed by atoms with Gasteiger partial charge in [-0.3, -0.25) is 9.78 Å². The predicted molar refractivity (Wildman–Crippen MR) is 129 cm³/mol. The average Bonchev–Trinajstić information content (AvgIpc) is 2.83. The van der Waals surface area contributed by atoms with Crippen molar-refractivity contribution < 1.29 is 14.7 Å². The third-order valence-corrected chi connectivity index (χ3v) is 6.75. The zero-order valence-corrected chi connectivity index (χ0v) is 19.2. The van der Waals surface area contributed by atoms with Crippen molar-refractivity contribution in [1.29, 1.82) is 0 Å². The predicted octanol–water partition coefficient (Wildman–Crippen LogP) is 5.96. The number of aryl methyl sites for hydroxylation is 2. The van der Waals surface area contributed by atoms with E-state index in [-0.39, 0.29) is 11.7 Å². The van der Waals surface area contributed by atoms with E-state index < -0.39 is 6.09 Å². The number of piperidine rings is 1. The number of hydrogen-bond donors (Lipinski definition) is 1. The van der Waals surface area contributed by atoms with Crippen LogP contribution in [0.2, 0.25) is 0 Å². The first-order valence-electron chi connectivity index (χ1n) is 11.5. The van der Waals surface area contributed by atoms with Crippen LogP contribution in [0.4, 0.5) is 4.79 Å². The van der Waals surface area contributed by atoms with Gasteiger partial charge >= 0.3 is 6.09 Å². The molecule has 1 unspecified atom stereocenters. The lowest BCUT2D eigenvalue weighted by atomic mass is 9.82. The fourth-order valence-corrected chi connectivity index (χ4v) is 4.81. The molecule has 0 aliphatic carbocycles. The van der Waals surface area contributed by atoms with Gasteiger partial charge in [0.2, 0.25) is 0 Å². The van der Waals surface area contributed by atoms with E-state index in [1.54, 1.807) is 12.3 Å². The summed E-state index contributed by atoms with van der Waals surface area (Å²) in [7, 11) is 0. The zero-order valence-electron chi connectivity index (χ0n) is 19.2. The largest absolute Gasteiger partial charge is 0.465 e. The molecule has 2 heterocycles. The molecular weight excluding hydrogens is 412 g/mol. The molecule has 1 aliphatic heterocycles. The Morgan fingerprint density at radius 1 is 1.03 bits per heavy atom. The maximum absolute atomic E-state index is 13.2. The van der Waals surface area contributed by atoms with E-state index >= 15 is 0 Å². The molecule has 0 bridgehead atoms. The van der Waals surface area contributed by atoms with Crippen LogP contribution >= 0.6 is 0 Å². The van der Waals surface area contributed by atoms with Crippen LogP contribution in [0.1, 0.15) is 69.4 Å². The van der Waals surface area contributed by atoms with Crippen LogP contribution < -0.4 is 0 Å². The number of hydrogen-bond acceptors (Lipinski definition) is 3. The van der Waals surface area contributed by atoms with Crippen molar-refractivity contribution in [2.75, 3.05) is 13.1 Å². The smallest absolute Gasteiger partial charge is 0.407 e. The highest BCUT2D eigenvalue weighted by atomic mass is 16.4. The second-order valence-electron chi connectivity index (χ2n) is 8.93. The molecule has 1 aromatic heterocycles. The van der Waals surface area contributed by atoms with Crippen molar-refractivity contribution in [3.63, 3.8) is 0 Å². The summed E-state index contributed by atoms with van der Waals surface area (Å²) in [6.07, 6.45) is 2.93. The Bertz CT molecular complexity index is 1130. The van der Waals surface area contributed by atoms with Gasteiger partial charge in [-0.05, 0) is 67.0 Å². The number of carboxylic acid groups (broad SMARTS) is 1. The Kier molecular flexibility index (Phi) is 6.87. The first kappa shape index (κ1) is 22.7. The fourth-order valence-electron chi connectivity index (χ4n) is 4.81. The SMILES string of the molecule is Cc1cc(C(=O)CC(c2ccc(C3CCN(C(=O)O)CC3)cc2)c2ccccc2C)ccn1. The van der Waals surface area contributed by atoms with Gasteiger partial charge in [-0.1, -0.05) is 48.5 Å². The van der Waals surface area contributed by atoms with Gasteiger partial charge in [0, 0.05) is 42.9 Å². The molecule has 33 heavy (non-hydrogen) atoms. The molecule has 1 N–H and O–H groups in total. The van der Waals surface area contributed by atoms with Crippen LogP contribution in [0.15, 0.2) is 66.9 Å². The molecule has 1 saturated heterocycles. The van der Waals surface area contributed by atoms with Crippen molar-refractivity contribution in [3.05, 3.63) is 100 Å². The van der Waals surface area contributed by atoms with Gasteiger partial charge in [0.05, 0.1) is 0 Å². The minimum atomic E-state index is -0.834. The molecular formula is C28H30N2O3. The van der Waals surface area contributed by atoms with E-state index in [4.69, 9.17) is 0 Å². The Hall–Kier alpha value is -3.47. The third-order valence-electron chi connectivity index (χ3n) is 6.75. The molecule has 5 heteroatoms. The van der Waals surface area contributed by atoms with Crippen LogP contribution in [0.25, 0.3) is 0 Å². The number of rotatable bonds is 6.